The number of para-hydroxylation sites is 2. The molecular formula is C28H21ClN6O2S. The summed E-state index contributed by atoms with van der Waals surface area (Å²) in [6.45, 7) is 1.22. The van der Waals surface area contributed by atoms with Crippen LogP contribution in [0.3, 0.4) is 0 Å². The minimum atomic E-state index is -0.457. The van der Waals surface area contributed by atoms with Crippen molar-refractivity contribution in [3.05, 3.63) is 101 Å². The number of nitrogens with one attached hydrogen (secondary N) is 1. The normalized spacial score (nSPS) is 16.1. The Morgan fingerprint density at radius 3 is 2.76 bits per heavy atom. The standard InChI is InChI=1S/C28H21ClN6O2S/c29-22-9-2-4-11-24(22)37-14-6-13-34-17-19(20-8-1-3-10-23(20)34)15-21-25(30)35-28(32-26(21)36)38-27(33-35)18-7-5-12-31-16-18/h1-5,7-12,15-17,30H,6,13-14H2. The second-order valence-corrected chi connectivity index (χ2v) is 9.96. The summed E-state index contributed by atoms with van der Waals surface area (Å²) >= 11 is 7.44. The molecule has 0 bridgehead atoms. The van der Waals surface area contributed by atoms with E-state index in [1.54, 1.807) is 24.5 Å². The lowest BCUT2D eigenvalue weighted by Crippen LogP contribution is -2.35. The van der Waals surface area contributed by atoms with E-state index in [9.17, 15) is 4.79 Å². The molecule has 1 N–H and O–H groups in total. The molecule has 188 valence electrons. The molecule has 2 aromatic carbocycles. The Balaban J connectivity index is 1.24. The monoisotopic (exact) mass is 540 g/mol. The van der Waals surface area contributed by atoms with E-state index in [-0.39, 0.29) is 11.4 Å². The number of amides is 1. The number of aromatic nitrogens is 2. The second kappa shape index (κ2) is 10.3. The number of thioether (sulfide) groups is 1. The highest BCUT2D eigenvalue weighted by atomic mass is 35.5. The molecule has 0 unspecified atom stereocenters. The number of benzene rings is 2. The van der Waals surface area contributed by atoms with Gasteiger partial charge in [-0.3, -0.25) is 15.2 Å². The predicted molar refractivity (Wildman–Crippen MR) is 152 cm³/mol. The highest BCUT2D eigenvalue weighted by molar-refractivity contribution is 8.27. The summed E-state index contributed by atoms with van der Waals surface area (Å²) in [5.41, 5.74) is 2.87. The van der Waals surface area contributed by atoms with Gasteiger partial charge in [0.1, 0.15) is 10.8 Å². The fraction of sp³-hybridized carbons (Fsp3) is 0.107. The lowest BCUT2D eigenvalue weighted by Gasteiger charge is -2.20. The van der Waals surface area contributed by atoms with Crippen LogP contribution in [0.5, 0.6) is 5.75 Å². The maximum atomic E-state index is 13.0. The lowest BCUT2D eigenvalue weighted by molar-refractivity contribution is -0.114. The van der Waals surface area contributed by atoms with Gasteiger partial charge in [0.15, 0.2) is 5.84 Å². The number of pyridine rings is 1. The number of hydrazone groups is 1. The van der Waals surface area contributed by atoms with Gasteiger partial charge in [0, 0.05) is 47.2 Å². The summed E-state index contributed by atoms with van der Waals surface area (Å²) in [4.78, 5) is 21.3. The third-order valence-electron chi connectivity index (χ3n) is 6.12. The molecule has 0 atom stereocenters. The SMILES string of the molecule is N=C1C(=Cc2cn(CCCOc3ccccc3Cl)c3ccccc23)C(=O)N=C2SC(c3cccnc3)=NN12. The molecule has 4 heterocycles. The molecule has 0 aliphatic carbocycles. The maximum Gasteiger partial charge on any atom is 0.283 e. The van der Waals surface area contributed by atoms with Gasteiger partial charge >= 0.3 is 0 Å². The molecule has 4 aromatic rings. The van der Waals surface area contributed by atoms with Crippen LogP contribution in [-0.4, -0.2) is 43.1 Å². The molecule has 0 saturated carbocycles. The predicted octanol–water partition coefficient (Wildman–Crippen LogP) is 5.83. The van der Waals surface area contributed by atoms with E-state index in [1.807, 2.05) is 60.8 Å². The van der Waals surface area contributed by atoms with Gasteiger partial charge in [-0.1, -0.05) is 41.9 Å². The maximum absolute atomic E-state index is 13.0. The van der Waals surface area contributed by atoms with Gasteiger partial charge in [0.05, 0.1) is 17.2 Å². The van der Waals surface area contributed by atoms with Crippen LogP contribution in [0.15, 0.2) is 94.9 Å². The first-order chi connectivity index (χ1) is 18.6. The van der Waals surface area contributed by atoms with Crippen molar-refractivity contribution >= 4 is 62.3 Å². The van der Waals surface area contributed by atoms with Crippen molar-refractivity contribution in [2.45, 2.75) is 13.0 Å². The number of aliphatic imine (C=N–C) groups is 1. The van der Waals surface area contributed by atoms with Gasteiger partial charge in [-0.25, -0.2) is 0 Å². The number of rotatable bonds is 7. The minimum absolute atomic E-state index is 0.00337. The third kappa shape index (κ3) is 4.62. The first kappa shape index (κ1) is 24.1. The summed E-state index contributed by atoms with van der Waals surface area (Å²) in [7, 11) is 0. The van der Waals surface area contributed by atoms with Crippen LogP contribution in [0.2, 0.25) is 5.02 Å². The molecular weight excluding hydrogens is 520 g/mol. The van der Waals surface area contributed by atoms with E-state index in [0.29, 0.717) is 34.1 Å². The van der Waals surface area contributed by atoms with E-state index in [0.717, 1.165) is 28.5 Å². The number of carbonyl (C=O) groups excluding carboxylic acids is 1. The number of aryl methyl sites for hydroxylation is 1. The summed E-state index contributed by atoms with van der Waals surface area (Å²) in [6.07, 6.45) is 7.87. The van der Waals surface area contributed by atoms with Gasteiger partial charge in [-0.05, 0) is 54.6 Å². The molecule has 0 spiro atoms. The van der Waals surface area contributed by atoms with Crippen LogP contribution in [-0.2, 0) is 11.3 Å². The van der Waals surface area contributed by atoms with Gasteiger partial charge in [-0.2, -0.15) is 15.1 Å². The summed E-state index contributed by atoms with van der Waals surface area (Å²) < 4.78 is 7.97. The zero-order valence-electron chi connectivity index (χ0n) is 20.0. The molecule has 6 rings (SSSR count). The van der Waals surface area contributed by atoms with Crippen LogP contribution in [0.4, 0.5) is 0 Å². The average molecular weight is 541 g/mol. The Morgan fingerprint density at radius 2 is 1.92 bits per heavy atom. The first-order valence-corrected chi connectivity index (χ1v) is 13.1. The van der Waals surface area contributed by atoms with Crippen molar-refractivity contribution in [1.29, 1.82) is 5.41 Å². The van der Waals surface area contributed by atoms with E-state index in [4.69, 9.17) is 21.7 Å². The molecule has 2 aliphatic rings. The topological polar surface area (TPSA) is 95.9 Å². The van der Waals surface area contributed by atoms with E-state index < -0.39 is 5.91 Å². The molecule has 2 aromatic heterocycles. The number of amidine groups is 2. The molecule has 1 amide bonds. The van der Waals surface area contributed by atoms with E-state index in [2.05, 4.69) is 19.6 Å². The van der Waals surface area contributed by atoms with Crippen molar-refractivity contribution < 1.29 is 9.53 Å². The molecule has 10 heteroatoms. The van der Waals surface area contributed by atoms with E-state index >= 15 is 0 Å². The zero-order valence-corrected chi connectivity index (χ0v) is 21.6. The number of halogens is 1. The van der Waals surface area contributed by atoms with Gasteiger partial charge < -0.3 is 9.30 Å². The zero-order chi connectivity index (χ0) is 26.1. The van der Waals surface area contributed by atoms with Gasteiger partial charge in [0.2, 0.25) is 5.17 Å². The van der Waals surface area contributed by atoms with E-state index in [1.165, 1.54) is 16.8 Å². The summed E-state index contributed by atoms with van der Waals surface area (Å²) in [6, 6.07) is 19.1. The molecule has 38 heavy (non-hydrogen) atoms. The smallest absolute Gasteiger partial charge is 0.283 e. The van der Waals surface area contributed by atoms with Crippen molar-refractivity contribution in [1.82, 2.24) is 14.6 Å². The Bertz CT molecular complexity index is 1660. The summed E-state index contributed by atoms with van der Waals surface area (Å²) in [5, 5.41) is 17.3. The van der Waals surface area contributed by atoms with Crippen LogP contribution in [0.25, 0.3) is 17.0 Å². The van der Waals surface area contributed by atoms with Crippen molar-refractivity contribution in [3.63, 3.8) is 0 Å². The Kier molecular flexibility index (Phi) is 6.53. The van der Waals surface area contributed by atoms with Gasteiger partial charge in [0.25, 0.3) is 5.91 Å². The van der Waals surface area contributed by atoms with Crippen LogP contribution < -0.4 is 4.74 Å². The Hall–Kier alpha value is -4.21. The molecule has 8 nitrogen and oxygen atoms in total. The molecule has 0 saturated heterocycles. The fourth-order valence-electron chi connectivity index (χ4n) is 4.31. The molecule has 0 radical (unpaired) electrons. The van der Waals surface area contributed by atoms with Crippen LogP contribution >= 0.6 is 23.4 Å². The second-order valence-electron chi connectivity index (χ2n) is 8.59. The Labute approximate surface area is 227 Å². The first-order valence-electron chi connectivity index (χ1n) is 11.9. The number of nitrogens with zero attached hydrogens (tertiary/aromatic N) is 5. The van der Waals surface area contributed by atoms with Crippen LogP contribution in [0.1, 0.15) is 17.5 Å². The molecule has 2 aliphatic heterocycles. The van der Waals surface area contributed by atoms with Gasteiger partial charge in [-0.15, -0.1) is 0 Å². The quantitative estimate of drug-likeness (QED) is 0.235. The van der Waals surface area contributed by atoms with Crippen LogP contribution in [0, 0.1) is 5.41 Å². The highest BCUT2D eigenvalue weighted by Gasteiger charge is 2.36. The largest absolute Gasteiger partial charge is 0.492 e. The average Bonchev–Trinajstić information content (AvgIpc) is 3.52. The van der Waals surface area contributed by atoms with Crippen molar-refractivity contribution in [3.8, 4) is 5.75 Å². The lowest BCUT2D eigenvalue weighted by atomic mass is 10.1. The number of hydrogen-bond acceptors (Lipinski definition) is 6. The highest BCUT2D eigenvalue weighted by Crippen LogP contribution is 2.32. The fourth-order valence-corrected chi connectivity index (χ4v) is 5.38. The van der Waals surface area contributed by atoms with Crippen molar-refractivity contribution in [2.75, 3.05) is 6.61 Å². The summed E-state index contributed by atoms with van der Waals surface area (Å²) in [5.74, 6) is 0.207. The number of fused-ring (bicyclic) bond motifs is 2. The molecule has 0 fully saturated rings. The Morgan fingerprint density at radius 1 is 1.08 bits per heavy atom. The number of hydrogen-bond donors (Lipinski definition) is 1. The number of ether oxygens (including phenoxy) is 1. The minimum Gasteiger partial charge on any atom is -0.492 e. The third-order valence-corrected chi connectivity index (χ3v) is 7.39. The van der Waals surface area contributed by atoms with Crippen molar-refractivity contribution in [2.24, 2.45) is 10.1 Å². The number of carbonyl (C=O) groups is 1.